The minimum atomic E-state index is -0.648. The molecule has 0 spiro atoms. The van der Waals surface area contributed by atoms with Crippen LogP contribution in [-0.4, -0.2) is 11.7 Å². The molecule has 2 rings (SSSR count). The van der Waals surface area contributed by atoms with E-state index in [1.54, 1.807) is 0 Å². The summed E-state index contributed by atoms with van der Waals surface area (Å²) in [4.78, 5) is 10.3. The third-order valence-corrected chi connectivity index (χ3v) is 2.08. The number of hydrogen-bond donors (Lipinski definition) is 2. The van der Waals surface area contributed by atoms with Gasteiger partial charge in [-0.2, -0.15) is 22.8 Å². The molecule has 3 N–H and O–H groups in total. The third kappa shape index (κ3) is 6.89. The van der Waals surface area contributed by atoms with Gasteiger partial charge < -0.3 is 5.73 Å². The molecule has 4 nitrogen and oxygen atoms in total. The molecule has 0 bridgehead atoms. The molecule has 0 saturated carbocycles. The maximum absolute atomic E-state index is 10.3. The fourth-order valence-corrected chi connectivity index (χ4v) is 1.19. The molecule has 18 heavy (non-hydrogen) atoms. The van der Waals surface area contributed by atoms with Gasteiger partial charge in [0, 0.05) is 0 Å². The predicted molar refractivity (Wildman–Crippen MR) is 67.9 cm³/mol. The molecule has 0 aromatic rings. The monoisotopic (exact) mass is 285 g/mol. The summed E-state index contributed by atoms with van der Waals surface area (Å²) in [6, 6.07) is -0.648. The Morgan fingerprint density at radius 1 is 1.44 bits per heavy atom. The van der Waals surface area contributed by atoms with Crippen LogP contribution >= 0.6 is 0 Å². The molecule has 0 radical (unpaired) electrons. The largest absolute Gasteiger partial charge is 2.00 e. The van der Waals surface area contributed by atoms with Crippen molar-refractivity contribution in [3.8, 4) is 0 Å². The molecule has 0 atom stereocenters. The number of urea groups is 1. The van der Waals surface area contributed by atoms with Gasteiger partial charge in [-0.15, -0.1) is 6.42 Å². The summed E-state index contributed by atoms with van der Waals surface area (Å²) in [5.74, 6) is 0. The molecule has 2 aliphatic carbocycles. The topological polar surface area (TPSA) is 67.5 Å². The first kappa shape index (κ1) is 16.4. The van der Waals surface area contributed by atoms with Crippen LogP contribution in [0.15, 0.2) is 41.1 Å². The van der Waals surface area contributed by atoms with Crippen molar-refractivity contribution in [2.75, 3.05) is 0 Å². The smallest absolute Gasteiger partial charge is 0.350 e. The number of nitrogens with zero attached hydrogens (tertiary/aromatic N) is 1. The molecule has 96 valence electrons. The van der Waals surface area contributed by atoms with Gasteiger partial charge in [0.25, 0.3) is 0 Å². The fraction of sp³-hybridized carbons (Fsp3) is 0.231. The number of hydrazone groups is 1. The van der Waals surface area contributed by atoms with Crippen molar-refractivity contribution in [2.45, 2.75) is 19.8 Å². The Labute approximate surface area is 118 Å². The van der Waals surface area contributed by atoms with Crippen LogP contribution < -0.4 is 11.2 Å². The molecule has 0 aromatic heterocycles. The van der Waals surface area contributed by atoms with Crippen LogP contribution in [-0.2, 0) is 17.1 Å². The molecule has 0 fully saturated rings. The van der Waals surface area contributed by atoms with Crippen molar-refractivity contribution >= 4 is 11.7 Å². The number of amides is 2. The number of allylic oxidation sites excluding steroid dienone is 8. The molecule has 0 aliphatic heterocycles. The zero-order valence-electron chi connectivity index (χ0n) is 10.1. The van der Waals surface area contributed by atoms with E-state index < -0.39 is 6.03 Å². The Bertz CT molecular complexity index is 410. The maximum Gasteiger partial charge on any atom is 2.00 e. The summed E-state index contributed by atoms with van der Waals surface area (Å²) in [6.07, 6.45) is 17.5. The van der Waals surface area contributed by atoms with Gasteiger partial charge in [0.1, 0.15) is 0 Å². The summed E-state index contributed by atoms with van der Waals surface area (Å²) in [6.45, 7) is 1.81. The zero-order valence-corrected chi connectivity index (χ0v) is 11.2. The Kier molecular flexibility index (Phi) is 8.62. The predicted octanol–water partition coefficient (Wildman–Crippen LogP) is 2.02. The minimum absolute atomic E-state index is 0. The van der Waals surface area contributed by atoms with Crippen LogP contribution in [0.1, 0.15) is 19.8 Å². The summed E-state index contributed by atoms with van der Waals surface area (Å²) in [5.41, 5.74) is 8.81. The van der Waals surface area contributed by atoms with E-state index in [0.717, 1.165) is 24.1 Å². The molecule has 5 heteroatoms. The van der Waals surface area contributed by atoms with Crippen LogP contribution in [0.3, 0.4) is 0 Å². The van der Waals surface area contributed by atoms with Gasteiger partial charge in [0.15, 0.2) is 0 Å². The van der Waals surface area contributed by atoms with Gasteiger partial charge in [0.2, 0.25) is 0 Å². The van der Waals surface area contributed by atoms with Gasteiger partial charge in [-0.3, -0.25) is 12.2 Å². The third-order valence-electron chi connectivity index (χ3n) is 2.08. The summed E-state index contributed by atoms with van der Waals surface area (Å²) in [5, 5.41) is 3.77. The van der Waals surface area contributed by atoms with Gasteiger partial charge in [-0.1, -0.05) is 6.42 Å². The van der Waals surface area contributed by atoms with Gasteiger partial charge >= 0.3 is 23.1 Å². The number of nitrogens with one attached hydrogen (secondary N) is 1. The molecule has 0 aromatic carbocycles. The molecule has 2 amide bonds. The van der Waals surface area contributed by atoms with E-state index in [1.807, 2.05) is 31.2 Å². The van der Waals surface area contributed by atoms with E-state index in [2.05, 4.69) is 28.8 Å². The van der Waals surface area contributed by atoms with Crippen molar-refractivity contribution < 1.29 is 21.9 Å². The fourth-order valence-electron chi connectivity index (χ4n) is 1.19. The number of carbonyl (C=O) groups excluding carboxylic acids is 1. The standard InChI is InChI=1S/C8H10N3O.C5H5.Fe/c1-6(10-11-8(9)12)7-4-2-3-5-7;1-2-4-5-3-1;/h2,5H,4H2,1H3,(H3,9,11,12);1-2,5H,3H2;/q2*-1;+2/b10-6+;;. The number of carbonyl (C=O) groups is 1. The van der Waals surface area contributed by atoms with E-state index in [4.69, 9.17) is 5.73 Å². The van der Waals surface area contributed by atoms with Crippen LogP contribution in [0.4, 0.5) is 4.79 Å². The average molecular weight is 285 g/mol. The van der Waals surface area contributed by atoms with Crippen LogP contribution in [0.2, 0.25) is 0 Å². The van der Waals surface area contributed by atoms with E-state index >= 15 is 0 Å². The first-order valence-corrected chi connectivity index (χ1v) is 5.30. The van der Waals surface area contributed by atoms with Crippen molar-refractivity contribution in [2.24, 2.45) is 10.8 Å². The van der Waals surface area contributed by atoms with Gasteiger partial charge in [0.05, 0.1) is 0 Å². The van der Waals surface area contributed by atoms with E-state index in [9.17, 15) is 4.79 Å². The van der Waals surface area contributed by atoms with E-state index in [-0.39, 0.29) is 17.1 Å². The second kappa shape index (κ2) is 9.45. The zero-order chi connectivity index (χ0) is 12.5. The molecular formula is C13H15FeN3O. The van der Waals surface area contributed by atoms with E-state index in [1.165, 1.54) is 0 Å². The summed E-state index contributed by atoms with van der Waals surface area (Å²) in [7, 11) is 0. The van der Waals surface area contributed by atoms with Crippen LogP contribution in [0, 0.1) is 12.2 Å². The average Bonchev–Trinajstić information content (AvgIpc) is 2.99. The van der Waals surface area contributed by atoms with Crippen LogP contribution in [0.25, 0.3) is 0 Å². The Hall–Kier alpha value is -1.58. The normalized spacial score (nSPS) is 15.6. The second-order valence-corrected chi connectivity index (χ2v) is 3.43. The van der Waals surface area contributed by atoms with Crippen molar-refractivity contribution in [3.05, 3.63) is 48.1 Å². The first-order valence-electron chi connectivity index (χ1n) is 5.30. The van der Waals surface area contributed by atoms with E-state index in [0.29, 0.717) is 0 Å². The summed E-state index contributed by atoms with van der Waals surface area (Å²) >= 11 is 0. The Balaban J connectivity index is 0.000000405. The SMILES string of the molecule is C/C(=N\NC(N)=O)C1=C[C-]=CC1.[C-]1=CCC=C1.[Fe+2]. The molecule has 0 unspecified atom stereocenters. The van der Waals surface area contributed by atoms with Crippen molar-refractivity contribution in [1.29, 1.82) is 0 Å². The molecule has 0 saturated heterocycles. The number of rotatable bonds is 2. The number of primary amides is 1. The second-order valence-electron chi connectivity index (χ2n) is 3.43. The summed E-state index contributed by atoms with van der Waals surface area (Å²) < 4.78 is 0. The maximum atomic E-state index is 10.3. The first-order chi connectivity index (χ1) is 8.20. The molecule has 0 heterocycles. The quantitative estimate of drug-likeness (QED) is 0.346. The number of nitrogens with two attached hydrogens (primary N) is 1. The van der Waals surface area contributed by atoms with Crippen LogP contribution in [0.5, 0.6) is 0 Å². The van der Waals surface area contributed by atoms with Crippen molar-refractivity contribution in [3.63, 3.8) is 0 Å². The van der Waals surface area contributed by atoms with Gasteiger partial charge in [-0.25, -0.2) is 28.4 Å². The Morgan fingerprint density at radius 3 is 2.61 bits per heavy atom. The molecular weight excluding hydrogens is 270 g/mol. The molecule has 2 aliphatic rings. The number of hydrogen-bond acceptors (Lipinski definition) is 2. The van der Waals surface area contributed by atoms with Gasteiger partial charge in [-0.05, 0) is 12.6 Å². The Morgan fingerprint density at radius 2 is 2.22 bits per heavy atom. The van der Waals surface area contributed by atoms with Crippen molar-refractivity contribution in [1.82, 2.24) is 5.43 Å². The minimum Gasteiger partial charge on any atom is -0.350 e.